The smallest absolute Gasteiger partial charge is 0.193 e. The minimum Gasteiger partial charge on any atom is -0.497 e. The minimum absolute atomic E-state index is 0.0705. The van der Waals surface area contributed by atoms with Crippen molar-refractivity contribution in [2.75, 3.05) is 13.7 Å². The highest BCUT2D eigenvalue weighted by molar-refractivity contribution is 6.74. The molecular formula is C33H50O5Si. The summed E-state index contributed by atoms with van der Waals surface area (Å²) in [6.07, 6.45) is 3.60. The lowest BCUT2D eigenvalue weighted by atomic mass is 10.0. The summed E-state index contributed by atoms with van der Waals surface area (Å²) in [6, 6.07) is 18.3. The molecule has 0 aliphatic carbocycles. The van der Waals surface area contributed by atoms with Crippen LogP contribution in [0.2, 0.25) is 18.1 Å². The molecule has 0 unspecified atom stereocenters. The summed E-state index contributed by atoms with van der Waals surface area (Å²) in [5, 5.41) is 20.9. The summed E-state index contributed by atoms with van der Waals surface area (Å²) < 4.78 is 17.7. The van der Waals surface area contributed by atoms with Crippen molar-refractivity contribution >= 4 is 8.32 Å². The van der Waals surface area contributed by atoms with Crippen molar-refractivity contribution in [3.8, 4) is 17.6 Å². The van der Waals surface area contributed by atoms with Crippen LogP contribution in [0.4, 0.5) is 0 Å². The molecule has 0 aliphatic heterocycles. The number of aryl methyl sites for hydroxylation is 1. The van der Waals surface area contributed by atoms with Crippen LogP contribution in [-0.2, 0) is 22.2 Å². The fourth-order valence-electron chi connectivity index (χ4n) is 3.95. The highest BCUT2D eigenvalue weighted by Gasteiger charge is 2.38. The predicted octanol–water partition coefficient (Wildman–Crippen LogP) is 6.91. The lowest BCUT2D eigenvalue weighted by Crippen LogP contribution is -2.43. The van der Waals surface area contributed by atoms with Crippen molar-refractivity contribution in [2.24, 2.45) is 0 Å². The number of ether oxygens (including phenoxy) is 2. The third-order valence-corrected chi connectivity index (χ3v) is 11.9. The average molecular weight is 555 g/mol. The molecule has 39 heavy (non-hydrogen) atoms. The summed E-state index contributed by atoms with van der Waals surface area (Å²) >= 11 is 0. The lowest BCUT2D eigenvalue weighted by molar-refractivity contribution is 0.0767. The number of unbranched alkanes of at least 4 members (excludes halogenated alkanes) is 1. The fourth-order valence-corrected chi connectivity index (χ4v) is 5.20. The van der Waals surface area contributed by atoms with E-state index in [1.807, 2.05) is 30.3 Å². The molecule has 0 fully saturated rings. The Hall–Kier alpha value is -2.14. The van der Waals surface area contributed by atoms with E-state index in [1.165, 1.54) is 5.56 Å². The maximum Gasteiger partial charge on any atom is 0.193 e. The van der Waals surface area contributed by atoms with E-state index in [4.69, 9.17) is 13.9 Å². The average Bonchev–Trinajstić information content (AvgIpc) is 2.89. The Morgan fingerprint density at radius 3 is 2.21 bits per heavy atom. The van der Waals surface area contributed by atoms with Crippen molar-refractivity contribution in [2.45, 2.75) is 109 Å². The first kappa shape index (κ1) is 33.1. The van der Waals surface area contributed by atoms with Crippen LogP contribution in [0.1, 0.15) is 70.4 Å². The van der Waals surface area contributed by atoms with Gasteiger partial charge in [0.25, 0.3) is 0 Å². The molecule has 0 heterocycles. The molecule has 2 N–H and O–H groups in total. The number of aliphatic hydroxyl groups excluding tert-OH is 2. The SMILES string of the molecule is COc1ccc(COCC[C@H](C#CC[C@@H](O)C[C@H](O)CCCCc2ccccc2)O[Si](C)(C)C(C)(C)C)cc1. The van der Waals surface area contributed by atoms with Crippen molar-refractivity contribution in [1.29, 1.82) is 0 Å². The summed E-state index contributed by atoms with van der Waals surface area (Å²) in [5.41, 5.74) is 2.41. The number of benzene rings is 2. The van der Waals surface area contributed by atoms with Crippen molar-refractivity contribution in [3.05, 3.63) is 65.7 Å². The van der Waals surface area contributed by atoms with Crippen LogP contribution in [0.15, 0.2) is 54.6 Å². The Balaban J connectivity index is 1.80. The van der Waals surface area contributed by atoms with Crippen molar-refractivity contribution in [3.63, 3.8) is 0 Å². The molecule has 216 valence electrons. The molecule has 0 aliphatic rings. The van der Waals surface area contributed by atoms with E-state index in [0.717, 1.165) is 30.6 Å². The number of hydrogen-bond donors (Lipinski definition) is 2. The molecular weight excluding hydrogens is 504 g/mol. The first-order valence-electron chi connectivity index (χ1n) is 14.3. The van der Waals surface area contributed by atoms with E-state index >= 15 is 0 Å². The van der Waals surface area contributed by atoms with Crippen LogP contribution < -0.4 is 4.74 Å². The van der Waals surface area contributed by atoms with Gasteiger partial charge in [-0.05, 0) is 60.7 Å². The number of hydrogen-bond acceptors (Lipinski definition) is 5. The molecule has 5 nitrogen and oxygen atoms in total. The van der Waals surface area contributed by atoms with Gasteiger partial charge in [0, 0.05) is 19.3 Å². The molecule has 0 bridgehead atoms. The number of aliphatic hydroxyl groups is 2. The molecule has 0 spiro atoms. The third-order valence-electron chi connectivity index (χ3n) is 7.44. The Morgan fingerprint density at radius 2 is 1.56 bits per heavy atom. The quantitative estimate of drug-likeness (QED) is 0.134. The fraction of sp³-hybridized carbons (Fsp3) is 0.576. The Morgan fingerprint density at radius 1 is 0.872 bits per heavy atom. The maximum atomic E-state index is 10.5. The van der Waals surface area contributed by atoms with Gasteiger partial charge in [0.05, 0.1) is 32.5 Å². The molecule has 2 rings (SSSR count). The number of rotatable bonds is 16. The molecule has 0 amide bonds. The van der Waals surface area contributed by atoms with Gasteiger partial charge >= 0.3 is 0 Å². The lowest BCUT2D eigenvalue weighted by Gasteiger charge is -2.38. The Bertz CT molecular complexity index is 989. The van der Waals surface area contributed by atoms with Crippen LogP contribution in [0.3, 0.4) is 0 Å². The first-order chi connectivity index (χ1) is 18.5. The zero-order chi connectivity index (χ0) is 28.7. The molecule has 2 aromatic rings. The number of methoxy groups -OCH3 is 1. The van der Waals surface area contributed by atoms with Crippen LogP contribution in [-0.4, -0.2) is 50.6 Å². The van der Waals surface area contributed by atoms with Gasteiger partial charge in [-0.15, -0.1) is 0 Å². The van der Waals surface area contributed by atoms with Gasteiger partial charge in [0.1, 0.15) is 11.9 Å². The summed E-state index contributed by atoms with van der Waals surface area (Å²) in [7, 11) is -0.367. The normalized spacial score (nSPS) is 14.3. The van der Waals surface area contributed by atoms with Gasteiger partial charge in [-0.1, -0.05) is 81.5 Å². The zero-order valence-electron chi connectivity index (χ0n) is 24.9. The topological polar surface area (TPSA) is 68.2 Å². The maximum absolute atomic E-state index is 10.5. The monoisotopic (exact) mass is 554 g/mol. The summed E-state index contributed by atoms with van der Waals surface area (Å²) in [6.45, 7) is 12.2. The second kappa shape index (κ2) is 16.8. The second-order valence-electron chi connectivity index (χ2n) is 11.9. The van der Waals surface area contributed by atoms with E-state index in [9.17, 15) is 10.2 Å². The van der Waals surface area contributed by atoms with Crippen molar-refractivity contribution < 1.29 is 24.1 Å². The van der Waals surface area contributed by atoms with E-state index in [0.29, 0.717) is 38.9 Å². The molecule has 0 radical (unpaired) electrons. The van der Waals surface area contributed by atoms with E-state index in [-0.39, 0.29) is 11.1 Å². The van der Waals surface area contributed by atoms with Crippen LogP contribution >= 0.6 is 0 Å². The Kier molecular flexibility index (Phi) is 14.3. The van der Waals surface area contributed by atoms with E-state index in [1.54, 1.807) is 7.11 Å². The standard InChI is InChI=1S/C33H50O5Si/c1-33(2,3)39(5,6)38-32(23-24-37-26-28-19-21-31(36-4)22-20-28)18-12-17-30(35)25-29(34)16-11-10-15-27-13-8-7-9-14-27/h7-9,13-14,19-22,29-30,32,34-35H,10-11,15-17,23-26H2,1-6H3/t29-,30-,32+/m1/s1. The molecule has 0 saturated carbocycles. The van der Waals surface area contributed by atoms with Crippen LogP contribution in [0, 0.1) is 11.8 Å². The molecule has 2 aromatic carbocycles. The minimum atomic E-state index is -2.02. The molecule has 0 aromatic heterocycles. The summed E-state index contributed by atoms with van der Waals surface area (Å²) in [5.74, 6) is 7.23. The Labute approximate surface area is 238 Å². The second-order valence-corrected chi connectivity index (χ2v) is 16.6. The zero-order valence-corrected chi connectivity index (χ0v) is 25.9. The molecule has 6 heteroatoms. The molecule has 0 saturated heterocycles. The van der Waals surface area contributed by atoms with Gasteiger partial charge < -0.3 is 24.1 Å². The van der Waals surface area contributed by atoms with Crippen molar-refractivity contribution in [1.82, 2.24) is 0 Å². The van der Waals surface area contributed by atoms with Gasteiger partial charge in [0.2, 0.25) is 0 Å². The largest absolute Gasteiger partial charge is 0.497 e. The highest BCUT2D eigenvalue weighted by Crippen LogP contribution is 2.37. The third kappa shape index (κ3) is 13.2. The van der Waals surface area contributed by atoms with Gasteiger partial charge in [-0.3, -0.25) is 0 Å². The predicted molar refractivity (Wildman–Crippen MR) is 162 cm³/mol. The van der Waals surface area contributed by atoms with E-state index < -0.39 is 20.5 Å². The first-order valence-corrected chi connectivity index (χ1v) is 17.2. The van der Waals surface area contributed by atoms with E-state index in [2.05, 4.69) is 70.0 Å². The molecule has 3 atom stereocenters. The van der Waals surface area contributed by atoms with Gasteiger partial charge in [0.15, 0.2) is 8.32 Å². The van der Waals surface area contributed by atoms with Gasteiger partial charge in [-0.25, -0.2) is 0 Å². The van der Waals surface area contributed by atoms with Crippen LogP contribution in [0.25, 0.3) is 0 Å². The highest BCUT2D eigenvalue weighted by atomic mass is 28.4. The van der Waals surface area contributed by atoms with Crippen LogP contribution in [0.5, 0.6) is 5.75 Å². The summed E-state index contributed by atoms with van der Waals surface area (Å²) in [4.78, 5) is 0. The van der Waals surface area contributed by atoms with Gasteiger partial charge in [-0.2, -0.15) is 0 Å².